The van der Waals surface area contributed by atoms with Gasteiger partial charge in [-0.25, -0.2) is 9.59 Å². The highest BCUT2D eigenvalue weighted by molar-refractivity contribution is 5.76. The van der Waals surface area contributed by atoms with E-state index in [-0.39, 0.29) is 12.1 Å². The largest absolute Gasteiger partial charge is 0.378 e. The molecule has 0 unspecified atom stereocenters. The van der Waals surface area contributed by atoms with Crippen molar-refractivity contribution in [1.82, 2.24) is 20.0 Å². The number of benzene rings is 1. The van der Waals surface area contributed by atoms with Gasteiger partial charge < -0.3 is 24.8 Å². The van der Waals surface area contributed by atoms with Crippen LogP contribution in [0.2, 0.25) is 0 Å². The summed E-state index contributed by atoms with van der Waals surface area (Å²) in [6, 6.07) is 10.2. The molecule has 3 rings (SSSR count). The van der Waals surface area contributed by atoms with Gasteiger partial charge in [0.15, 0.2) is 0 Å². The van der Waals surface area contributed by atoms with Crippen LogP contribution in [-0.2, 0) is 11.2 Å². The van der Waals surface area contributed by atoms with Crippen LogP contribution in [0.5, 0.6) is 0 Å². The summed E-state index contributed by atoms with van der Waals surface area (Å²) in [5.74, 6) is 0. The van der Waals surface area contributed by atoms with Crippen molar-refractivity contribution >= 4 is 12.1 Å². The molecular formula is C19H28N4O3. The second-order valence-electron chi connectivity index (χ2n) is 6.68. The standard InChI is InChI=1S/C19H28N4O3/c24-18(20-8-7-17-5-2-1-3-6-17)21-9-4-10-22(12-11-21)19(25)23-13-15-26-16-14-23/h1-3,5-6H,4,7-16H2,(H,20,24). The van der Waals surface area contributed by atoms with Gasteiger partial charge in [0, 0.05) is 45.8 Å². The molecular weight excluding hydrogens is 332 g/mol. The third-order valence-electron chi connectivity index (χ3n) is 4.87. The first-order valence-corrected chi connectivity index (χ1v) is 9.42. The van der Waals surface area contributed by atoms with Crippen LogP contribution in [0.25, 0.3) is 0 Å². The Labute approximate surface area is 154 Å². The lowest BCUT2D eigenvalue weighted by Gasteiger charge is -2.32. The number of carbonyl (C=O) groups excluding carboxylic acids is 2. The second-order valence-corrected chi connectivity index (χ2v) is 6.68. The van der Waals surface area contributed by atoms with Gasteiger partial charge in [-0.15, -0.1) is 0 Å². The van der Waals surface area contributed by atoms with E-state index >= 15 is 0 Å². The first-order chi connectivity index (χ1) is 12.7. The molecule has 2 saturated heterocycles. The molecule has 4 amide bonds. The van der Waals surface area contributed by atoms with Crippen molar-refractivity contribution in [1.29, 1.82) is 0 Å². The molecule has 0 saturated carbocycles. The molecule has 0 aliphatic carbocycles. The Balaban J connectivity index is 1.42. The van der Waals surface area contributed by atoms with E-state index < -0.39 is 0 Å². The van der Waals surface area contributed by atoms with Crippen LogP contribution >= 0.6 is 0 Å². The summed E-state index contributed by atoms with van der Waals surface area (Å²) in [5.41, 5.74) is 1.21. The van der Waals surface area contributed by atoms with Crippen LogP contribution in [-0.4, -0.2) is 85.8 Å². The number of morpholine rings is 1. The van der Waals surface area contributed by atoms with Gasteiger partial charge in [0.2, 0.25) is 0 Å². The number of nitrogens with one attached hydrogen (secondary N) is 1. The number of hydrogen-bond acceptors (Lipinski definition) is 3. The fourth-order valence-electron chi connectivity index (χ4n) is 3.34. The second kappa shape index (κ2) is 9.43. The monoisotopic (exact) mass is 360 g/mol. The summed E-state index contributed by atoms with van der Waals surface area (Å²) in [5, 5.41) is 2.99. The molecule has 7 nitrogen and oxygen atoms in total. The predicted octanol–water partition coefficient (Wildman–Crippen LogP) is 1.40. The minimum absolute atomic E-state index is 0.0402. The quantitative estimate of drug-likeness (QED) is 0.886. The summed E-state index contributed by atoms with van der Waals surface area (Å²) in [6.07, 6.45) is 1.63. The van der Waals surface area contributed by atoms with E-state index in [1.807, 2.05) is 32.9 Å². The highest BCUT2D eigenvalue weighted by Crippen LogP contribution is 2.09. The smallest absolute Gasteiger partial charge is 0.320 e. The average molecular weight is 360 g/mol. The number of nitrogens with zero attached hydrogens (tertiary/aromatic N) is 3. The molecule has 2 fully saturated rings. The summed E-state index contributed by atoms with van der Waals surface area (Å²) < 4.78 is 5.31. The molecule has 2 aliphatic heterocycles. The third-order valence-corrected chi connectivity index (χ3v) is 4.87. The minimum Gasteiger partial charge on any atom is -0.378 e. The molecule has 142 valence electrons. The van der Waals surface area contributed by atoms with Crippen molar-refractivity contribution in [3.63, 3.8) is 0 Å². The first kappa shape index (κ1) is 18.5. The number of ether oxygens (including phenoxy) is 1. The highest BCUT2D eigenvalue weighted by Gasteiger charge is 2.26. The topological polar surface area (TPSA) is 65.1 Å². The van der Waals surface area contributed by atoms with Crippen molar-refractivity contribution in [3.05, 3.63) is 35.9 Å². The van der Waals surface area contributed by atoms with Crippen LogP contribution < -0.4 is 5.32 Å². The Bertz CT molecular complexity index is 590. The van der Waals surface area contributed by atoms with Crippen molar-refractivity contribution in [2.75, 3.05) is 59.0 Å². The molecule has 1 aromatic rings. The lowest BCUT2D eigenvalue weighted by atomic mass is 10.1. The minimum atomic E-state index is -0.0402. The van der Waals surface area contributed by atoms with Gasteiger partial charge >= 0.3 is 12.1 Å². The van der Waals surface area contributed by atoms with E-state index in [0.29, 0.717) is 59.0 Å². The summed E-state index contributed by atoms with van der Waals surface area (Å²) >= 11 is 0. The van der Waals surface area contributed by atoms with Crippen molar-refractivity contribution in [2.24, 2.45) is 0 Å². The van der Waals surface area contributed by atoms with Crippen LogP contribution in [0.3, 0.4) is 0 Å². The Morgan fingerprint density at radius 3 is 2.31 bits per heavy atom. The zero-order valence-electron chi connectivity index (χ0n) is 15.2. The maximum Gasteiger partial charge on any atom is 0.320 e. The van der Waals surface area contributed by atoms with Crippen LogP contribution in [0.15, 0.2) is 30.3 Å². The van der Waals surface area contributed by atoms with Crippen molar-refractivity contribution in [3.8, 4) is 0 Å². The number of rotatable bonds is 3. The van der Waals surface area contributed by atoms with Crippen molar-refractivity contribution < 1.29 is 14.3 Å². The van der Waals surface area contributed by atoms with E-state index in [0.717, 1.165) is 12.8 Å². The molecule has 2 heterocycles. The Hall–Kier alpha value is -2.28. The van der Waals surface area contributed by atoms with Gasteiger partial charge in [0.05, 0.1) is 13.2 Å². The molecule has 0 atom stereocenters. The Kier molecular flexibility index (Phi) is 6.71. The molecule has 1 N–H and O–H groups in total. The maximum absolute atomic E-state index is 12.6. The maximum atomic E-state index is 12.6. The third kappa shape index (κ3) is 5.11. The molecule has 1 aromatic carbocycles. The van der Waals surface area contributed by atoms with E-state index in [1.165, 1.54) is 5.56 Å². The van der Waals surface area contributed by atoms with Gasteiger partial charge in [0.25, 0.3) is 0 Å². The van der Waals surface area contributed by atoms with Crippen LogP contribution in [0.1, 0.15) is 12.0 Å². The normalized spacial score (nSPS) is 18.4. The van der Waals surface area contributed by atoms with Crippen molar-refractivity contribution in [2.45, 2.75) is 12.8 Å². The SMILES string of the molecule is O=C(NCCc1ccccc1)N1CCCN(C(=O)N2CCOCC2)CC1. The van der Waals surface area contributed by atoms with Gasteiger partial charge in [-0.05, 0) is 18.4 Å². The van der Waals surface area contributed by atoms with E-state index in [1.54, 1.807) is 0 Å². The first-order valence-electron chi connectivity index (χ1n) is 9.42. The number of carbonyl (C=O) groups is 2. The Morgan fingerprint density at radius 1 is 0.885 bits per heavy atom. The summed E-state index contributed by atoms with van der Waals surface area (Å²) in [4.78, 5) is 30.5. The van der Waals surface area contributed by atoms with E-state index in [2.05, 4.69) is 17.4 Å². The fourth-order valence-corrected chi connectivity index (χ4v) is 3.34. The van der Waals surface area contributed by atoms with Gasteiger partial charge in [0.1, 0.15) is 0 Å². The van der Waals surface area contributed by atoms with Gasteiger partial charge in [-0.2, -0.15) is 0 Å². The zero-order chi connectivity index (χ0) is 18.2. The molecule has 2 aliphatic rings. The van der Waals surface area contributed by atoms with Crippen LogP contribution in [0.4, 0.5) is 9.59 Å². The molecule has 7 heteroatoms. The molecule has 0 radical (unpaired) electrons. The van der Waals surface area contributed by atoms with E-state index in [9.17, 15) is 9.59 Å². The van der Waals surface area contributed by atoms with Crippen LogP contribution in [0, 0.1) is 0 Å². The predicted molar refractivity (Wildman–Crippen MR) is 99.1 cm³/mol. The van der Waals surface area contributed by atoms with E-state index in [4.69, 9.17) is 4.74 Å². The molecule has 0 bridgehead atoms. The Morgan fingerprint density at radius 2 is 1.54 bits per heavy atom. The summed E-state index contributed by atoms with van der Waals surface area (Å²) in [7, 11) is 0. The van der Waals surface area contributed by atoms with Gasteiger partial charge in [-0.3, -0.25) is 0 Å². The molecule has 0 aromatic heterocycles. The highest BCUT2D eigenvalue weighted by atomic mass is 16.5. The molecule has 0 spiro atoms. The number of hydrogen-bond donors (Lipinski definition) is 1. The fraction of sp³-hybridized carbons (Fsp3) is 0.579. The lowest BCUT2D eigenvalue weighted by Crippen LogP contribution is -2.49. The number of urea groups is 2. The average Bonchev–Trinajstić information content (AvgIpc) is 2.95. The lowest BCUT2D eigenvalue weighted by molar-refractivity contribution is 0.0436. The summed E-state index contributed by atoms with van der Waals surface area (Å²) in [6.45, 7) is 5.68. The number of amides is 4. The zero-order valence-corrected chi connectivity index (χ0v) is 15.2. The van der Waals surface area contributed by atoms with Gasteiger partial charge in [-0.1, -0.05) is 30.3 Å². The molecule has 26 heavy (non-hydrogen) atoms.